The predicted octanol–water partition coefficient (Wildman–Crippen LogP) is 2.92. The minimum atomic E-state index is -0.352. The molecule has 0 radical (unpaired) electrons. The summed E-state index contributed by atoms with van der Waals surface area (Å²) in [6, 6.07) is 1.56. The minimum Gasteiger partial charge on any atom is -0.472 e. The normalized spacial score (nSPS) is 22.8. The molecular weight excluding hydrogens is 408 g/mol. The molecule has 32 heavy (non-hydrogen) atoms. The van der Waals surface area contributed by atoms with Crippen molar-refractivity contribution in [1.29, 1.82) is 0 Å². The number of aliphatic hydroxyl groups excluding tert-OH is 1. The Kier molecular flexibility index (Phi) is 8.12. The highest BCUT2D eigenvalue weighted by Gasteiger charge is 2.34. The summed E-state index contributed by atoms with van der Waals surface area (Å²) in [6.07, 6.45) is 9.44. The zero-order chi connectivity index (χ0) is 23.3. The molecule has 1 fully saturated rings. The molecule has 1 saturated carbocycles. The number of carbonyl (C=O) groups is 2. The van der Waals surface area contributed by atoms with Gasteiger partial charge in [0.2, 0.25) is 5.88 Å². The summed E-state index contributed by atoms with van der Waals surface area (Å²) in [4.78, 5) is 33.8. The Balaban J connectivity index is 1.85. The van der Waals surface area contributed by atoms with Gasteiger partial charge in [-0.15, -0.1) is 0 Å². The number of fused-ring (bicyclic) bond motifs is 1. The highest BCUT2D eigenvalue weighted by Crippen LogP contribution is 2.28. The number of ether oxygens (including phenoxy) is 1. The van der Waals surface area contributed by atoms with Crippen LogP contribution in [0.1, 0.15) is 62.4 Å². The molecule has 8 nitrogen and oxygen atoms in total. The molecule has 2 N–H and O–H groups in total. The van der Waals surface area contributed by atoms with Crippen molar-refractivity contribution in [3.63, 3.8) is 0 Å². The molecule has 0 spiro atoms. The lowest BCUT2D eigenvalue weighted by Gasteiger charge is -2.37. The number of hydrogen-bond acceptors (Lipinski definition) is 5. The topological polar surface area (TPSA) is 95.0 Å². The second kappa shape index (κ2) is 10.8. The third kappa shape index (κ3) is 5.59. The van der Waals surface area contributed by atoms with Gasteiger partial charge in [-0.3, -0.25) is 4.79 Å². The van der Waals surface area contributed by atoms with Crippen molar-refractivity contribution in [1.82, 2.24) is 20.1 Å². The number of allylic oxidation sites excluding steroid dienone is 1. The van der Waals surface area contributed by atoms with Crippen molar-refractivity contribution in [2.24, 2.45) is 5.92 Å². The Morgan fingerprint density at radius 2 is 2.16 bits per heavy atom. The van der Waals surface area contributed by atoms with Crippen molar-refractivity contribution in [3.8, 4) is 5.88 Å². The lowest BCUT2D eigenvalue weighted by molar-refractivity contribution is 0.0351. The summed E-state index contributed by atoms with van der Waals surface area (Å²) in [5.74, 6) is -0.0163. The van der Waals surface area contributed by atoms with Gasteiger partial charge in [0.05, 0.1) is 19.2 Å². The van der Waals surface area contributed by atoms with E-state index >= 15 is 0 Å². The van der Waals surface area contributed by atoms with Crippen LogP contribution in [0.15, 0.2) is 18.3 Å². The molecule has 8 heteroatoms. The number of aromatic nitrogens is 1. The van der Waals surface area contributed by atoms with Crippen molar-refractivity contribution < 1.29 is 19.4 Å². The summed E-state index contributed by atoms with van der Waals surface area (Å²) >= 11 is 0. The Hall–Kier alpha value is -2.61. The highest BCUT2D eigenvalue weighted by molar-refractivity contribution is 5.97. The van der Waals surface area contributed by atoms with Crippen LogP contribution in [0.2, 0.25) is 0 Å². The van der Waals surface area contributed by atoms with E-state index < -0.39 is 0 Å². The van der Waals surface area contributed by atoms with Gasteiger partial charge < -0.3 is 25.0 Å². The molecule has 0 aromatic carbocycles. The van der Waals surface area contributed by atoms with E-state index in [1.807, 2.05) is 32.9 Å². The first-order valence-corrected chi connectivity index (χ1v) is 11.6. The van der Waals surface area contributed by atoms with E-state index in [0.29, 0.717) is 18.7 Å². The van der Waals surface area contributed by atoms with Crippen LogP contribution in [0.25, 0.3) is 6.08 Å². The number of urea groups is 1. The second-order valence-electron chi connectivity index (χ2n) is 9.06. The Morgan fingerprint density at radius 1 is 1.44 bits per heavy atom. The first-order valence-electron chi connectivity index (χ1n) is 11.6. The monoisotopic (exact) mass is 444 g/mol. The molecule has 1 aromatic heterocycles. The molecular formula is C24H36N4O4. The predicted molar refractivity (Wildman–Crippen MR) is 124 cm³/mol. The van der Waals surface area contributed by atoms with E-state index in [1.165, 1.54) is 0 Å². The van der Waals surface area contributed by atoms with E-state index in [-0.39, 0.29) is 48.5 Å². The highest BCUT2D eigenvalue weighted by atomic mass is 16.5. The standard InChI is InChI=1S/C24H36N4O4/c1-5-8-18-11-20-22(25-12-18)32-21(16(2)13-28(23(20)30)17(3)15-29)14-27(4)24(31)26-19-9-6-7-10-19/h5,8,11-12,16-17,19,21,29H,6-7,9-10,13-15H2,1-4H3,(H,26,31)/b8-5+/t16-,17-,21-/m1/s1. The van der Waals surface area contributed by atoms with E-state index in [9.17, 15) is 14.7 Å². The van der Waals surface area contributed by atoms with Gasteiger partial charge in [0.15, 0.2) is 0 Å². The number of pyridine rings is 1. The molecule has 3 amide bonds. The lowest BCUT2D eigenvalue weighted by atomic mass is 10.00. The third-order valence-electron chi connectivity index (χ3n) is 6.38. The summed E-state index contributed by atoms with van der Waals surface area (Å²) < 4.78 is 6.24. The quantitative estimate of drug-likeness (QED) is 0.704. The Bertz CT molecular complexity index is 837. The second-order valence-corrected chi connectivity index (χ2v) is 9.06. The van der Waals surface area contributed by atoms with Crippen LogP contribution >= 0.6 is 0 Å². The number of nitrogens with one attached hydrogen (secondary N) is 1. The average molecular weight is 445 g/mol. The van der Waals surface area contributed by atoms with Crippen LogP contribution in [-0.2, 0) is 0 Å². The maximum absolute atomic E-state index is 13.3. The van der Waals surface area contributed by atoms with E-state index in [1.54, 1.807) is 29.1 Å². The fraction of sp³-hybridized carbons (Fsp3) is 0.625. The van der Waals surface area contributed by atoms with Crippen molar-refractivity contribution in [2.75, 3.05) is 26.7 Å². The number of hydrogen-bond donors (Lipinski definition) is 2. The average Bonchev–Trinajstić information content (AvgIpc) is 3.29. The zero-order valence-electron chi connectivity index (χ0n) is 19.6. The summed E-state index contributed by atoms with van der Waals surface area (Å²) in [7, 11) is 1.77. The third-order valence-corrected chi connectivity index (χ3v) is 6.38. The van der Waals surface area contributed by atoms with Crippen LogP contribution < -0.4 is 10.1 Å². The summed E-state index contributed by atoms with van der Waals surface area (Å²) in [5.41, 5.74) is 1.17. The van der Waals surface area contributed by atoms with Crippen molar-refractivity contribution in [2.45, 2.75) is 64.6 Å². The Morgan fingerprint density at radius 3 is 2.81 bits per heavy atom. The van der Waals surface area contributed by atoms with E-state index in [2.05, 4.69) is 10.3 Å². The molecule has 0 saturated heterocycles. The first kappa shape index (κ1) is 24.0. The summed E-state index contributed by atoms with van der Waals surface area (Å²) in [5, 5.41) is 12.9. The molecule has 3 rings (SSSR count). The molecule has 0 unspecified atom stereocenters. The van der Waals surface area contributed by atoms with Crippen LogP contribution in [0, 0.1) is 5.92 Å². The fourth-order valence-corrected chi connectivity index (χ4v) is 4.33. The molecule has 0 bridgehead atoms. The number of amides is 3. The van der Waals surface area contributed by atoms with Crippen LogP contribution in [0.5, 0.6) is 5.88 Å². The van der Waals surface area contributed by atoms with Gasteiger partial charge in [0, 0.05) is 31.7 Å². The maximum atomic E-state index is 13.3. The van der Waals surface area contributed by atoms with Crippen LogP contribution in [-0.4, -0.2) is 76.8 Å². The number of rotatable bonds is 6. The number of carbonyl (C=O) groups excluding carboxylic acids is 2. The molecule has 1 aliphatic carbocycles. The molecule has 3 atom stereocenters. The fourth-order valence-electron chi connectivity index (χ4n) is 4.33. The maximum Gasteiger partial charge on any atom is 0.317 e. The van der Waals surface area contributed by atoms with Gasteiger partial charge >= 0.3 is 6.03 Å². The van der Waals surface area contributed by atoms with E-state index in [0.717, 1.165) is 31.2 Å². The first-order chi connectivity index (χ1) is 15.3. The molecule has 2 aliphatic rings. The largest absolute Gasteiger partial charge is 0.472 e. The Labute approximate surface area is 190 Å². The molecule has 1 aromatic rings. The van der Waals surface area contributed by atoms with Gasteiger partial charge in [-0.05, 0) is 38.3 Å². The molecule has 1 aliphatic heterocycles. The lowest BCUT2D eigenvalue weighted by Crippen LogP contribution is -2.52. The zero-order valence-corrected chi connectivity index (χ0v) is 19.6. The number of nitrogens with zero attached hydrogens (tertiary/aromatic N) is 3. The number of aliphatic hydroxyl groups is 1. The SMILES string of the molecule is C/C=C/c1cnc2c(c1)C(=O)N([C@H](C)CO)C[C@@H](C)[C@@H](CN(C)C(=O)NC1CCCC1)O2. The summed E-state index contributed by atoms with van der Waals surface area (Å²) in [6.45, 7) is 6.37. The molecule has 176 valence electrons. The smallest absolute Gasteiger partial charge is 0.317 e. The van der Waals surface area contributed by atoms with Gasteiger partial charge in [-0.1, -0.05) is 31.9 Å². The van der Waals surface area contributed by atoms with Crippen LogP contribution in [0.4, 0.5) is 4.79 Å². The van der Waals surface area contributed by atoms with Gasteiger partial charge in [-0.25, -0.2) is 9.78 Å². The molecule has 2 heterocycles. The number of likely N-dealkylation sites (N-methyl/N-ethyl adjacent to an activating group) is 1. The van der Waals surface area contributed by atoms with Gasteiger partial charge in [-0.2, -0.15) is 0 Å². The van der Waals surface area contributed by atoms with Gasteiger partial charge in [0.25, 0.3) is 5.91 Å². The van der Waals surface area contributed by atoms with Crippen molar-refractivity contribution in [3.05, 3.63) is 29.5 Å². The van der Waals surface area contributed by atoms with Crippen LogP contribution in [0.3, 0.4) is 0 Å². The van der Waals surface area contributed by atoms with Gasteiger partial charge in [0.1, 0.15) is 11.7 Å². The van der Waals surface area contributed by atoms with E-state index in [4.69, 9.17) is 4.74 Å². The van der Waals surface area contributed by atoms with Crippen molar-refractivity contribution >= 4 is 18.0 Å². The minimum absolute atomic E-state index is 0.0696.